The minimum Gasteiger partial charge on any atom is -0.325 e. The Morgan fingerprint density at radius 3 is 1.89 bits per heavy atom. The largest absolute Gasteiger partial charge is 0.325 e. The molecular formula is C7H16ClN. The van der Waals surface area contributed by atoms with Crippen molar-refractivity contribution < 1.29 is 0 Å². The molecule has 0 unspecified atom stereocenters. The van der Waals surface area contributed by atoms with Gasteiger partial charge in [0.2, 0.25) is 0 Å². The number of nitrogens with two attached hydrogens (primary N) is 1. The van der Waals surface area contributed by atoms with E-state index in [-0.39, 0.29) is 5.54 Å². The van der Waals surface area contributed by atoms with Gasteiger partial charge in [-0.25, -0.2) is 0 Å². The molecule has 0 radical (unpaired) electrons. The van der Waals surface area contributed by atoms with E-state index in [2.05, 4.69) is 13.8 Å². The van der Waals surface area contributed by atoms with Crippen LogP contribution in [0.2, 0.25) is 0 Å². The molecule has 0 rings (SSSR count). The van der Waals surface area contributed by atoms with Gasteiger partial charge in [0.1, 0.15) is 0 Å². The minimum absolute atomic E-state index is 0.00174. The molecule has 0 aliphatic rings. The van der Waals surface area contributed by atoms with E-state index in [0.29, 0.717) is 5.88 Å². The average molecular weight is 150 g/mol. The first-order valence-electron chi connectivity index (χ1n) is 3.53. The van der Waals surface area contributed by atoms with Crippen LogP contribution in [0.25, 0.3) is 0 Å². The van der Waals surface area contributed by atoms with Gasteiger partial charge >= 0.3 is 0 Å². The van der Waals surface area contributed by atoms with Crippen LogP contribution in [-0.2, 0) is 0 Å². The topological polar surface area (TPSA) is 26.0 Å². The van der Waals surface area contributed by atoms with Crippen LogP contribution in [0, 0.1) is 0 Å². The Morgan fingerprint density at radius 2 is 1.78 bits per heavy atom. The summed E-state index contributed by atoms with van der Waals surface area (Å²) >= 11 is 5.56. The zero-order valence-corrected chi connectivity index (χ0v) is 7.04. The lowest BCUT2D eigenvalue weighted by atomic mass is 9.91. The highest BCUT2D eigenvalue weighted by molar-refractivity contribution is 6.17. The summed E-state index contributed by atoms with van der Waals surface area (Å²) in [4.78, 5) is 0. The first kappa shape index (κ1) is 9.25. The van der Waals surface area contributed by atoms with Gasteiger partial charge in [0, 0.05) is 11.4 Å². The van der Waals surface area contributed by atoms with Gasteiger partial charge in [-0.1, -0.05) is 13.8 Å². The normalized spacial score (nSPS) is 12.0. The molecule has 56 valence electrons. The molecule has 0 aromatic heterocycles. The lowest BCUT2D eigenvalue weighted by Crippen LogP contribution is -2.38. The van der Waals surface area contributed by atoms with Crippen LogP contribution in [0.4, 0.5) is 0 Å². The molecule has 0 saturated heterocycles. The molecule has 0 atom stereocenters. The van der Waals surface area contributed by atoms with Crippen LogP contribution < -0.4 is 5.73 Å². The fourth-order valence-corrected chi connectivity index (χ4v) is 1.17. The van der Waals surface area contributed by atoms with Crippen molar-refractivity contribution in [3.05, 3.63) is 0 Å². The summed E-state index contributed by atoms with van der Waals surface area (Å²) in [6.45, 7) is 4.21. The molecule has 0 bridgehead atoms. The first-order valence-corrected chi connectivity index (χ1v) is 4.07. The van der Waals surface area contributed by atoms with Crippen LogP contribution in [0.3, 0.4) is 0 Å². The van der Waals surface area contributed by atoms with Crippen molar-refractivity contribution in [2.75, 3.05) is 5.88 Å². The molecule has 0 heterocycles. The highest BCUT2D eigenvalue weighted by atomic mass is 35.5. The van der Waals surface area contributed by atoms with Gasteiger partial charge in [-0.05, 0) is 19.3 Å². The van der Waals surface area contributed by atoms with Crippen molar-refractivity contribution in [2.45, 2.75) is 38.6 Å². The molecule has 0 saturated carbocycles. The van der Waals surface area contributed by atoms with E-state index >= 15 is 0 Å². The summed E-state index contributed by atoms with van der Waals surface area (Å²) in [5, 5.41) is 0. The second-order valence-electron chi connectivity index (χ2n) is 2.51. The third kappa shape index (κ3) is 3.07. The predicted molar refractivity (Wildman–Crippen MR) is 42.8 cm³/mol. The van der Waals surface area contributed by atoms with Gasteiger partial charge < -0.3 is 5.73 Å². The Hall–Kier alpha value is 0.250. The summed E-state index contributed by atoms with van der Waals surface area (Å²) in [6, 6.07) is 0. The zero-order chi connectivity index (χ0) is 7.33. The van der Waals surface area contributed by atoms with Gasteiger partial charge in [-0.2, -0.15) is 0 Å². The Bertz CT molecular complexity index is 69.3. The Labute approximate surface area is 62.6 Å². The summed E-state index contributed by atoms with van der Waals surface area (Å²) in [5.41, 5.74) is 5.92. The lowest BCUT2D eigenvalue weighted by molar-refractivity contribution is 0.385. The first-order chi connectivity index (χ1) is 4.18. The Kier molecular flexibility index (Phi) is 4.24. The lowest BCUT2D eigenvalue weighted by Gasteiger charge is -2.25. The summed E-state index contributed by atoms with van der Waals surface area (Å²) in [5.74, 6) is 0.679. The summed E-state index contributed by atoms with van der Waals surface area (Å²) < 4.78 is 0. The maximum absolute atomic E-state index is 5.92. The predicted octanol–water partition coefficient (Wildman–Crippen LogP) is 2.13. The molecule has 2 N–H and O–H groups in total. The Balaban J connectivity index is 3.62. The van der Waals surface area contributed by atoms with Crippen LogP contribution in [0.15, 0.2) is 0 Å². The van der Waals surface area contributed by atoms with Crippen molar-refractivity contribution in [3.63, 3.8) is 0 Å². The van der Waals surface area contributed by atoms with Gasteiger partial charge in [0.15, 0.2) is 0 Å². The molecule has 9 heavy (non-hydrogen) atoms. The number of hydrogen-bond acceptors (Lipinski definition) is 1. The molecule has 0 aliphatic carbocycles. The SMILES string of the molecule is CCC(N)(CC)CCCl. The van der Waals surface area contributed by atoms with Crippen LogP contribution in [0.5, 0.6) is 0 Å². The summed E-state index contributed by atoms with van der Waals surface area (Å²) in [6.07, 6.45) is 2.98. The van der Waals surface area contributed by atoms with Crippen LogP contribution >= 0.6 is 11.6 Å². The third-order valence-corrected chi connectivity index (χ3v) is 2.19. The fourth-order valence-electron chi connectivity index (χ4n) is 0.792. The molecule has 0 spiro atoms. The maximum Gasteiger partial charge on any atom is 0.0240 e. The van der Waals surface area contributed by atoms with Crippen molar-refractivity contribution in [3.8, 4) is 0 Å². The van der Waals surface area contributed by atoms with Gasteiger partial charge in [-0.15, -0.1) is 11.6 Å². The standard InChI is InChI=1S/C7H16ClN/c1-3-7(9,4-2)5-6-8/h3-6,9H2,1-2H3. The average Bonchev–Trinajstić information content (AvgIpc) is 1.89. The minimum atomic E-state index is 0.00174. The number of halogens is 1. The van der Waals surface area contributed by atoms with Crippen LogP contribution in [0.1, 0.15) is 33.1 Å². The molecule has 0 aromatic rings. The second kappa shape index (κ2) is 4.13. The number of alkyl halides is 1. The van der Waals surface area contributed by atoms with E-state index in [0.717, 1.165) is 19.3 Å². The van der Waals surface area contributed by atoms with Crippen molar-refractivity contribution in [2.24, 2.45) is 5.73 Å². The molecular weight excluding hydrogens is 134 g/mol. The number of rotatable bonds is 4. The van der Waals surface area contributed by atoms with E-state index in [1.807, 2.05) is 0 Å². The van der Waals surface area contributed by atoms with Crippen molar-refractivity contribution >= 4 is 11.6 Å². The van der Waals surface area contributed by atoms with Crippen molar-refractivity contribution in [1.82, 2.24) is 0 Å². The van der Waals surface area contributed by atoms with Gasteiger partial charge in [0.25, 0.3) is 0 Å². The maximum atomic E-state index is 5.92. The van der Waals surface area contributed by atoms with E-state index in [1.54, 1.807) is 0 Å². The van der Waals surface area contributed by atoms with Crippen LogP contribution in [-0.4, -0.2) is 11.4 Å². The quantitative estimate of drug-likeness (QED) is 0.609. The molecule has 2 heteroatoms. The highest BCUT2D eigenvalue weighted by Gasteiger charge is 2.18. The molecule has 0 aliphatic heterocycles. The van der Waals surface area contributed by atoms with E-state index in [4.69, 9.17) is 17.3 Å². The monoisotopic (exact) mass is 149 g/mol. The van der Waals surface area contributed by atoms with Gasteiger partial charge in [-0.3, -0.25) is 0 Å². The van der Waals surface area contributed by atoms with Gasteiger partial charge in [0.05, 0.1) is 0 Å². The second-order valence-corrected chi connectivity index (χ2v) is 2.89. The zero-order valence-electron chi connectivity index (χ0n) is 6.28. The highest BCUT2D eigenvalue weighted by Crippen LogP contribution is 2.15. The van der Waals surface area contributed by atoms with E-state index < -0.39 is 0 Å². The number of hydrogen-bond donors (Lipinski definition) is 1. The molecule has 0 amide bonds. The van der Waals surface area contributed by atoms with Crippen molar-refractivity contribution in [1.29, 1.82) is 0 Å². The molecule has 1 nitrogen and oxygen atoms in total. The third-order valence-electron chi connectivity index (χ3n) is 2.00. The molecule has 0 fully saturated rings. The van der Waals surface area contributed by atoms with E-state index in [9.17, 15) is 0 Å². The Morgan fingerprint density at radius 1 is 1.33 bits per heavy atom. The smallest absolute Gasteiger partial charge is 0.0240 e. The van der Waals surface area contributed by atoms with E-state index in [1.165, 1.54) is 0 Å². The molecule has 0 aromatic carbocycles. The summed E-state index contributed by atoms with van der Waals surface area (Å²) in [7, 11) is 0. The fraction of sp³-hybridized carbons (Fsp3) is 1.00.